The number of para-hydroxylation sites is 2. The molecule has 0 aliphatic rings. The molecule has 0 amide bonds. The first kappa shape index (κ1) is 29.6. The normalized spacial score (nSPS) is 11.8. The van der Waals surface area contributed by atoms with Gasteiger partial charge in [0.1, 0.15) is 17.2 Å². The molecule has 0 saturated carbocycles. The Morgan fingerprint density at radius 3 is 1.89 bits per heavy atom. The van der Waals surface area contributed by atoms with Crippen LogP contribution in [0.15, 0.2) is 156 Å². The lowest BCUT2D eigenvalue weighted by Gasteiger charge is -2.14. The summed E-state index contributed by atoms with van der Waals surface area (Å²) in [5.74, 6) is 1.40. The van der Waals surface area contributed by atoms with Crippen LogP contribution in [0.2, 0.25) is 0 Å². The van der Waals surface area contributed by atoms with Crippen LogP contribution < -0.4 is 0 Å². The highest BCUT2D eigenvalue weighted by atomic mass is 32.1. The molecule has 0 atom stereocenters. The number of furan rings is 1. The van der Waals surface area contributed by atoms with E-state index in [1.165, 1.54) is 20.2 Å². The van der Waals surface area contributed by atoms with E-state index < -0.39 is 0 Å². The number of nitriles is 1. The number of fused-ring (bicyclic) bond motifs is 9. The third kappa shape index (κ3) is 4.46. The number of hydrogen-bond donors (Lipinski definition) is 0. The Kier molecular flexibility index (Phi) is 6.38. The smallest absolute Gasteiger partial charge is 0.169 e. The van der Waals surface area contributed by atoms with Gasteiger partial charge in [0.15, 0.2) is 17.5 Å². The molecule has 0 aliphatic heterocycles. The summed E-state index contributed by atoms with van der Waals surface area (Å²) in [5, 5.41) is 17.6. The molecule has 7 heteroatoms. The van der Waals surface area contributed by atoms with Crippen LogP contribution in [0.3, 0.4) is 0 Å². The first-order chi connectivity index (χ1) is 26.2. The van der Waals surface area contributed by atoms with Gasteiger partial charge >= 0.3 is 0 Å². The lowest BCUT2D eigenvalue weighted by molar-refractivity contribution is 0.669. The van der Waals surface area contributed by atoms with Gasteiger partial charge in [-0.15, -0.1) is 11.3 Å². The summed E-state index contributed by atoms with van der Waals surface area (Å²) in [7, 11) is 0. The molecule has 4 aromatic heterocycles. The molecule has 0 N–H and O–H groups in total. The zero-order chi connectivity index (χ0) is 35.0. The van der Waals surface area contributed by atoms with Gasteiger partial charge in [-0.1, -0.05) is 115 Å². The molecule has 6 nitrogen and oxygen atoms in total. The van der Waals surface area contributed by atoms with Gasteiger partial charge in [-0.3, -0.25) is 0 Å². The van der Waals surface area contributed by atoms with Crippen molar-refractivity contribution >= 4 is 75.3 Å². The van der Waals surface area contributed by atoms with Gasteiger partial charge in [-0.2, -0.15) is 5.26 Å². The standard InChI is InChI=1S/C46H25N5OS/c47-26-29-23-37(51-35-20-10-7-17-30(35)33-25-40-34(24-36(33)51)31-18-9-12-22-39(31)53-40)42-32-19-8-11-21-38(32)52-43(42)41(29)46-49-44(27-13-3-1-4-14-27)48-45(50-46)28-15-5-2-6-16-28/h1-25H. The van der Waals surface area contributed by atoms with Crippen LogP contribution in [0.25, 0.3) is 104 Å². The van der Waals surface area contributed by atoms with Crippen LogP contribution in [0.4, 0.5) is 0 Å². The largest absolute Gasteiger partial charge is 0.455 e. The molecule has 11 rings (SSSR count). The Balaban J connectivity index is 1.27. The van der Waals surface area contributed by atoms with E-state index in [0.29, 0.717) is 39.8 Å². The van der Waals surface area contributed by atoms with Crippen LogP contribution in [0.1, 0.15) is 5.56 Å². The lowest BCUT2D eigenvalue weighted by Crippen LogP contribution is -2.03. The van der Waals surface area contributed by atoms with Crippen molar-refractivity contribution in [2.45, 2.75) is 0 Å². The minimum absolute atomic E-state index is 0.374. The van der Waals surface area contributed by atoms with Crippen LogP contribution >= 0.6 is 11.3 Å². The summed E-state index contributed by atoms with van der Waals surface area (Å²) in [4.78, 5) is 15.0. The highest BCUT2D eigenvalue weighted by Gasteiger charge is 2.26. The fourth-order valence-electron chi connectivity index (χ4n) is 7.73. The highest BCUT2D eigenvalue weighted by molar-refractivity contribution is 7.25. The summed E-state index contributed by atoms with van der Waals surface area (Å²) in [6.45, 7) is 0. The molecule has 11 aromatic rings. The quantitative estimate of drug-likeness (QED) is 0.183. The molecule has 0 unspecified atom stereocenters. The number of benzene rings is 7. The molecule has 4 heterocycles. The first-order valence-electron chi connectivity index (χ1n) is 17.3. The molecule has 0 fully saturated rings. The van der Waals surface area contributed by atoms with Gasteiger partial charge in [0.05, 0.1) is 33.2 Å². The predicted octanol–water partition coefficient (Wildman–Crippen LogP) is 12.1. The van der Waals surface area contributed by atoms with Gasteiger partial charge in [0.25, 0.3) is 0 Å². The molecule has 0 bridgehead atoms. The summed E-state index contributed by atoms with van der Waals surface area (Å²) in [6.07, 6.45) is 0. The molecular formula is C46H25N5OS. The number of aromatic nitrogens is 4. The fourth-order valence-corrected chi connectivity index (χ4v) is 8.86. The van der Waals surface area contributed by atoms with Gasteiger partial charge in [-0.05, 0) is 36.4 Å². The Morgan fingerprint density at radius 2 is 1.15 bits per heavy atom. The molecule has 53 heavy (non-hydrogen) atoms. The maximum absolute atomic E-state index is 11.0. The summed E-state index contributed by atoms with van der Waals surface area (Å²) >= 11 is 1.81. The maximum atomic E-state index is 11.0. The summed E-state index contributed by atoms with van der Waals surface area (Å²) < 4.78 is 11.6. The van der Waals surface area contributed by atoms with Crippen LogP contribution in [-0.4, -0.2) is 19.5 Å². The average Bonchev–Trinajstić information content (AvgIpc) is 3.89. The third-order valence-electron chi connectivity index (χ3n) is 10.1. The number of hydrogen-bond acceptors (Lipinski definition) is 6. The number of nitrogens with zero attached hydrogens (tertiary/aromatic N) is 5. The molecular weight excluding hydrogens is 671 g/mol. The van der Waals surface area contributed by atoms with Gasteiger partial charge < -0.3 is 8.98 Å². The Labute approximate surface area is 306 Å². The Morgan fingerprint density at radius 1 is 0.528 bits per heavy atom. The maximum Gasteiger partial charge on any atom is 0.169 e. The van der Waals surface area contributed by atoms with Crippen molar-refractivity contribution in [1.29, 1.82) is 5.26 Å². The van der Waals surface area contributed by atoms with E-state index in [2.05, 4.69) is 77.4 Å². The number of rotatable bonds is 4. The van der Waals surface area contributed by atoms with Gasteiger partial charge in [0.2, 0.25) is 0 Å². The van der Waals surface area contributed by atoms with Gasteiger partial charge in [0, 0.05) is 47.5 Å². The van der Waals surface area contributed by atoms with Crippen molar-refractivity contribution in [3.63, 3.8) is 0 Å². The van der Waals surface area contributed by atoms with Crippen LogP contribution in [0.5, 0.6) is 0 Å². The number of thiophene rings is 1. The molecule has 0 spiro atoms. The fraction of sp³-hybridized carbons (Fsp3) is 0. The highest BCUT2D eigenvalue weighted by Crippen LogP contribution is 2.45. The van der Waals surface area contributed by atoms with Crippen molar-refractivity contribution in [2.75, 3.05) is 0 Å². The second-order valence-electron chi connectivity index (χ2n) is 13.1. The van der Waals surface area contributed by atoms with Crippen LogP contribution in [-0.2, 0) is 0 Å². The van der Waals surface area contributed by atoms with Crippen molar-refractivity contribution < 1.29 is 4.42 Å². The average molecular weight is 696 g/mol. The van der Waals surface area contributed by atoms with Crippen molar-refractivity contribution in [2.24, 2.45) is 0 Å². The third-order valence-corrected chi connectivity index (χ3v) is 11.2. The van der Waals surface area contributed by atoms with Gasteiger partial charge in [-0.25, -0.2) is 15.0 Å². The van der Waals surface area contributed by atoms with E-state index in [-0.39, 0.29) is 0 Å². The minimum atomic E-state index is 0.374. The van der Waals surface area contributed by atoms with E-state index in [1.807, 2.05) is 96.3 Å². The zero-order valence-electron chi connectivity index (χ0n) is 28.0. The van der Waals surface area contributed by atoms with E-state index in [4.69, 9.17) is 19.4 Å². The minimum Gasteiger partial charge on any atom is -0.455 e. The van der Waals surface area contributed by atoms with E-state index in [9.17, 15) is 5.26 Å². The van der Waals surface area contributed by atoms with Crippen molar-refractivity contribution in [3.8, 4) is 45.9 Å². The first-order valence-corrected chi connectivity index (χ1v) is 18.2. The SMILES string of the molecule is N#Cc1cc(-n2c3ccccc3c3cc4sc5ccccc5c4cc32)c2c(oc3ccccc32)c1-c1nc(-c2ccccc2)nc(-c2ccccc2)n1. The van der Waals surface area contributed by atoms with Crippen molar-refractivity contribution in [1.82, 2.24) is 19.5 Å². The van der Waals surface area contributed by atoms with E-state index in [1.54, 1.807) is 0 Å². The molecule has 246 valence electrons. The van der Waals surface area contributed by atoms with E-state index in [0.717, 1.165) is 49.4 Å². The molecule has 0 radical (unpaired) electrons. The molecule has 7 aromatic carbocycles. The lowest BCUT2D eigenvalue weighted by atomic mass is 10.00. The summed E-state index contributed by atoms with van der Waals surface area (Å²) in [6, 6.07) is 54.0. The van der Waals surface area contributed by atoms with Crippen molar-refractivity contribution in [3.05, 3.63) is 157 Å². The Hall–Kier alpha value is -7.14. The molecule has 0 aliphatic carbocycles. The second kappa shape index (κ2) is 11.4. The summed E-state index contributed by atoms with van der Waals surface area (Å²) in [5.41, 5.74) is 6.87. The Bertz CT molecular complexity index is 3240. The second-order valence-corrected chi connectivity index (χ2v) is 14.2. The van der Waals surface area contributed by atoms with Crippen LogP contribution in [0, 0.1) is 11.3 Å². The topological polar surface area (TPSA) is 80.5 Å². The molecule has 0 saturated heterocycles. The van der Waals surface area contributed by atoms with E-state index >= 15 is 0 Å². The monoisotopic (exact) mass is 695 g/mol. The predicted molar refractivity (Wildman–Crippen MR) is 215 cm³/mol. The zero-order valence-corrected chi connectivity index (χ0v) is 28.8.